The molecule has 0 saturated heterocycles. The van der Waals surface area contributed by atoms with Gasteiger partial charge in [-0.1, -0.05) is 52.9 Å². The van der Waals surface area contributed by atoms with E-state index >= 15 is 0 Å². The summed E-state index contributed by atoms with van der Waals surface area (Å²) in [6.07, 6.45) is 7.07. The molecule has 0 aliphatic carbocycles. The van der Waals surface area contributed by atoms with Crippen molar-refractivity contribution in [3.8, 4) is 0 Å². The second-order valence-corrected chi connectivity index (χ2v) is 5.55. The van der Waals surface area contributed by atoms with Gasteiger partial charge in [0, 0.05) is 13.2 Å². The summed E-state index contributed by atoms with van der Waals surface area (Å²) in [5, 5.41) is 9.62. The summed E-state index contributed by atoms with van der Waals surface area (Å²) >= 11 is 0. The van der Waals surface area contributed by atoms with E-state index in [1.54, 1.807) is 0 Å². The first-order valence-electron chi connectivity index (χ1n) is 7.77. The summed E-state index contributed by atoms with van der Waals surface area (Å²) < 4.78 is 5.43. The number of aliphatic hydroxyl groups is 1. The van der Waals surface area contributed by atoms with Gasteiger partial charge in [0.1, 0.15) is 0 Å². The van der Waals surface area contributed by atoms with E-state index < -0.39 is 6.10 Å². The zero-order valence-electron chi connectivity index (χ0n) is 13.0. The number of hydrogen-bond donors (Lipinski definition) is 2. The smallest absolute Gasteiger partial charge is 0.0920 e. The predicted octanol–water partition coefficient (Wildman–Crippen LogP) is 2.90. The quantitative estimate of drug-likeness (QED) is 0.378. The van der Waals surface area contributed by atoms with Crippen LogP contribution >= 0.6 is 0 Å². The molecule has 0 rings (SSSR count). The molecule has 0 radical (unpaired) electrons. The van der Waals surface area contributed by atoms with E-state index in [9.17, 15) is 5.11 Å². The van der Waals surface area contributed by atoms with Crippen LogP contribution in [-0.2, 0) is 9.57 Å². The maximum Gasteiger partial charge on any atom is 0.0920 e. The largest absolute Gasteiger partial charge is 0.389 e. The Bertz CT molecular complexity index is 177. The molecule has 2 N–H and O–H groups in total. The number of hydroxylamine groups is 1. The average molecular weight is 275 g/mol. The van der Waals surface area contributed by atoms with Crippen LogP contribution in [-0.4, -0.2) is 37.6 Å². The Morgan fingerprint density at radius 2 is 1.68 bits per heavy atom. The van der Waals surface area contributed by atoms with E-state index in [1.165, 1.54) is 32.1 Å². The fourth-order valence-corrected chi connectivity index (χ4v) is 1.64. The first kappa shape index (κ1) is 18.8. The number of aliphatic hydroxyl groups excluding tert-OH is 1. The molecule has 0 saturated carbocycles. The van der Waals surface area contributed by atoms with Crippen LogP contribution in [0, 0.1) is 5.92 Å². The Morgan fingerprint density at radius 1 is 1.00 bits per heavy atom. The van der Waals surface area contributed by atoms with Crippen molar-refractivity contribution in [2.45, 2.75) is 65.4 Å². The van der Waals surface area contributed by atoms with E-state index in [2.05, 4.69) is 26.3 Å². The first-order chi connectivity index (χ1) is 9.16. The fraction of sp³-hybridized carbons (Fsp3) is 1.00. The van der Waals surface area contributed by atoms with Crippen molar-refractivity contribution in [3.05, 3.63) is 0 Å². The lowest BCUT2D eigenvalue weighted by Gasteiger charge is -2.13. The lowest BCUT2D eigenvalue weighted by atomic mass is 10.1. The molecule has 0 heterocycles. The number of unbranched alkanes of at least 4 members (excludes halogenated alkanes) is 5. The van der Waals surface area contributed by atoms with Gasteiger partial charge in [0.25, 0.3) is 0 Å². The molecular formula is C15H33NO3. The molecule has 4 nitrogen and oxygen atoms in total. The Labute approximate surface area is 118 Å². The molecule has 0 aromatic heterocycles. The third-order valence-electron chi connectivity index (χ3n) is 2.79. The summed E-state index contributed by atoms with van der Waals surface area (Å²) in [7, 11) is 0. The second kappa shape index (κ2) is 14.3. The molecule has 0 aromatic rings. The number of nitrogens with one attached hydrogen (secondary N) is 1. The maximum absolute atomic E-state index is 9.62. The van der Waals surface area contributed by atoms with Crippen molar-refractivity contribution in [2.75, 3.05) is 26.4 Å². The van der Waals surface area contributed by atoms with E-state index in [0.717, 1.165) is 13.0 Å². The highest BCUT2D eigenvalue weighted by Crippen LogP contribution is 2.04. The van der Waals surface area contributed by atoms with Gasteiger partial charge in [-0.15, -0.1) is 0 Å². The van der Waals surface area contributed by atoms with Crippen LogP contribution < -0.4 is 5.48 Å². The average Bonchev–Trinajstić information content (AvgIpc) is 2.37. The lowest BCUT2D eigenvalue weighted by Crippen LogP contribution is -2.31. The minimum atomic E-state index is -0.493. The Kier molecular flexibility index (Phi) is 14.1. The molecule has 19 heavy (non-hydrogen) atoms. The van der Waals surface area contributed by atoms with Crippen molar-refractivity contribution in [2.24, 2.45) is 5.92 Å². The van der Waals surface area contributed by atoms with E-state index in [1.807, 2.05) is 0 Å². The summed E-state index contributed by atoms with van der Waals surface area (Å²) in [4.78, 5) is 5.18. The molecule has 116 valence electrons. The Morgan fingerprint density at radius 3 is 2.37 bits per heavy atom. The van der Waals surface area contributed by atoms with Gasteiger partial charge in [-0.2, -0.15) is 5.48 Å². The third kappa shape index (κ3) is 15.8. The normalized spacial score (nSPS) is 13.1. The van der Waals surface area contributed by atoms with Crippen molar-refractivity contribution >= 4 is 0 Å². The summed E-state index contributed by atoms with van der Waals surface area (Å²) in [5.41, 5.74) is 2.76. The van der Waals surface area contributed by atoms with Gasteiger partial charge in [-0.05, 0) is 12.3 Å². The zero-order chi connectivity index (χ0) is 14.3. The van der Waals surface area contributed by atoms with Gasteiger partial charge in [-0.3, -0.25) is 0 Å². The molecule has 0 aromatic carbocycles. The zero-order valence-corrected chi connectivity index (χ0v) is 13.0. The van der Waals surface area contributed by atoms with Crippen LogP contribution in [0.2, 0.25) is 0 Å². The maximum atomic E-state index is 9.62. The molecule has 4 heteroatoms. The fourth-order valence-electron chi connectivity index (χ4n) is 1.64. The molecule has 0 amide bonds. The molecule has 1 unspecified atom stereocenters. The summed E-state index contributed by atoms with van der Waals surface area (Å²) in [5.74, 6) is 0.494. The van der Waals surface area contributed by atoms with Gasteiger partial charge >= 0.3 is 0 Å². The van der Waals surface area contributed by atoms with Crippen molar-refractivity contribution in [3.63, 3.8) is 0 Å². The van der Waals surface area contributed by atoms with Crippen LogP contribution in [0.5, 0.6) is 0 Å². The Balaban J connectivity index is 3.13. The first-order valence-corrected chi connectivity index (χ1v) is 7.77. The molecule has 0 spiro atoms. The molecule has 0 aliphatic rings. The van der Waals surface area contributed by atoms with E-state index in [-0.39, 0.29) is 0 Å². The summed E-state index contributed by atoms with van der Waals surface area (Å²) in [6.45, 7) is 8.60. The molecule has 1 atom stereocenters. The van der Waals surface area contributed by atoms with Crippen LogP contribution in [0.3, 0.4) is 0 Å². The van der Waals surface area contributed by atoms with Crippen LogP contribution in [0.4, 0.5) is 0 Å². The van der Waals surface area contributed by atoms with Crippen molar-refractivity contribution in [1.29, 1.82) is 0 Å². The highest BCUT2D eigenvalue weighted by atomic mass is 16.6. The summed E-state index contributed by atoms with van der Waals surface area (Å²) in [6, 6.07) is 0. The third-order valence-corrected chi connectivity index (χ3v) is 2.79. The molecule has 0 aliphatic heterocycles. The number of ether oxygens (including phenoxy) is 1. The van der Waals surface area contributed by atoms with Gasteiger partial charge in [-0.25, -0.2) is 0 Å². The number of rotatable bonds is 14. The second-order valence-electron chi connectivity index (χ2n) is 5.55. The monoisotopic (exact) mass is 275 g/mol. The topological polar surface area (TPSA) is 50.7 Å². The molecule has 0 bridgehead atoms. The van der Waals surface area contributed by atoms with Crippen molar-refractivity contribution < 1.29 is 14.7 Å². The minimum Gasteiger partial charge on any atom is -0.389 e. The van der Waals surface area contributed by atoms with E-state index in [4.69, 9.17) is 9.57 Å². The van der Waals surface area contributed by atoms with Gasteiger partial charge in [0.05, 0.1) is 19.3 Å². The van der Waals surface area contributed by atoms with Gasteiger partial charge in [0.15, 0.2) is 0 Å². The van der Waals surface area contributed by atoms with Crippen molar-refractivity contribution in [1.82, 2.24) is 5.48 Å². The highest BCUT2D eigenvalue weighted by molar-refractivity contribution is 4.54. The van der Waals surface area contributed by atoms with Crippen LogP contribution in [0.25, 0.3) is 0 Å². The minimum absolute atomic E-state index is 0.382. The molecule has 0 fully saturated rings. The van der Waals surface area contributed by atoms with E-state index in [0.29, 0.717) is 25.7 Å². The van der Waals surface area contributed by atoms with Gasteiger partial charge in [0.2, 0.25) is 0 Å². The Hall–Kier alpha value is -0.160. The molecular weight excluding hydrogens is 242 g/mol. The number of hydrogen-bond acceptors (Lipinski definition) is 4. The van der Waals surface area contributed by atoms with Crippen LogP contribution in [0.15, 0.2) is 0 Å². The van der Waals surface area contributed by atoms with Gasteiger partial charge < -0.3 is 14.7 Å². The highest BCUT2D eigenvalue weighted by Gasteiger charge is 2.04. The lowest BCUT2D eigenvalue weighted by molar-refractivity contribution is -0.0229. The van der Waals surface area contributed by atoms with Crippen LogP contribution in [0.1, 0.15) is 59.3 Å². The predicted molar refractivity (Wildman–Crippen MR) is 79.0 cm³/mol. The SMILES string of the molecule is CCCCCCCCOCC(O)CNOCC(C)C. The standard InChI is InChI=1S/C15H33NO3/c1-4-5-6-7-8-9-10-18-13-15(17)11-16-19-12-14(2)3/h14-17H,4-13H2,1-3H3.